The molecule has 1 fully saturated rings. The van der Waals surface area contributed by atoms with Gasteiger partial charge in [-0.3, -0.25) is 0 Å². The van der Waals surface area contributed by atoms with Gasteiger partial charge in [-0.25, -0.2) is 0 Å². The SMILES string of the molecule is C[C@@H]1[C@H](C=O)CC[C@]2(C)Oc3ccccc3C[C@H]12. The van der Waals surface area contributed by atoms with Crippen molar-refractivity contribution in [1.29, 1.82) is 0 Å². The number of para-hydroxylation sites is 1. The number of ether oxygens (including phenoxy) is 1. The fourth-order valence-electron chi connectivity index (χ4n) is 3.74. The molecule has 1 aliphatic heterocycles. The Morgan fingerprint density at radius 2 is 2.17 bits per heavy atom. The normalized spacial score (nSPS) is 38.2. The zero-order valence-electron chi connectivity index (χ0n) is 11.1. The number of carbonyl (C=O) groups is 1. The fraction of sp³-hybridized carbons (Fsp3) is 0.562. The summed E-state index contributed by atoms with van der Waals surface area (Å²) in [6, 6.07) is 8.30. The molecule has 1 aliphatic carbocycles. The Morgan fingerprint density at radius 1 is 1.39 bits per heavy atom. The molecule has 0 N–H and O–H groups in total. The molecule has 2 heteroatoms. The summed E-state index contributed by atoms with van der Waals surface area (Å²) in [7, 11) is 0. The van der Waals surface area contributed by atoms with Gasteiger partial charge in [0.2, 0.25) is 0 Å². The highest BCUT2D eigenvalue weighted by Gasteiger charge is 2.48. The molecular weight excluding hydrogens is 224 g/mol. The molecular formula is C16H20O2. The second-order valence-electron chi connectivity index (χ2n) is 6.03. The van der Waals surface area contributed by atoms with Crippen LogP contribution in [0.4, 0.5) is 0 Å². The van der Waals surface area contributed by atoms with E-state index in [9.17, 15) is 4.79 Å². The number of hydrogen-bond donors (Lipinski definition) is 0. The lowest BCUT2D eigenvalue weighted by Crippen LogP contribution is -2.52. The van der Waals surface area contributed by atoms with Gasteiger partial charge in [-0.05, 0) is 43.7 Å². The van der Waals surface area contributed by atoms with Gasteiger partial charge in [-0.1, -0.05) is 25.1 Å². The summed E-state index contributed by atoms with van der Waals surface area (Å²) in [5.74, 6) is 2.11. The van der Waals surface area contributed by atoms with Crippen molar-refractivity contribution in [2.24, 2.45) is 17.8 Å². The van der Waals surface area contributed by atoms with Crippen LogP contribution in [-0.4, -0.2) is 11.9 Å². The predicted octanol–water partition coefficient (Wildman–Crippen LogP) is 3.24. The van der Waals surface area contributed by atoms with Crippen LogP contribution in [0, 0.1) is 17.8 Å². The summed E-state index contributed by atoms with van der Waals surface area (Å²) in [6.07, 6.45) is 4.13. The van der Waals surface area contributed by atoms with Crippen molar-refractivity contribution in [3.05, 3.63) is 29.8 Å². The van der Waals surface area contributed by atoms with Gasteiger partial charge >= 0.3 is 0 Å². The van der Waals surface area contributed by atoms with Crippen LogP contribution in [0.25, 0.3) is 0 Å². The van der Waals surface area contributed by atoms with Crippen molar-refractivity contribution in [3.63, 3.8) is 0 Å². The first-order valence-corrected chi connectivity index (χ1v) is 6.86. The molecule has 18 heavy (non-hydrogen) atoms. The van der Waals surface area contributed by atoms with Crippen molar-refractivity contribution in [3.8, 4) is 5.75 Å². The third-order valence-corrected chi connectivity index (χ3v) is 5.00. The third kappa shape index (κ3) is 1.66. The minimum absolute atomic E-state index is 0.0900. The van der Waals surface area contributed by atoms with Crippen molar-refractivity contribution in [2.45, 2.75) is 38.7 Å². The Balaban J connectivity index is 1.96. The molecule has 1 aromatic rings. The van der Waals surface area contributed by atoms with E-state index >= 15 is 0 Å². The van der Waals surface area contributed by atoms with Gasteiger partial charge in [0, 0.05) is 11.8 Å². The minimum atomic E-state index is -0.0900. The van der Waals surface area contributed by atoms with Gasteiger partial charge in [-0.15, -0.1) is 0 Å². The van der Waals surface area contributed by atoms with E-state index < -0.39 is 0 Å². The van der Waals surface area contributed by atoms with E-state index in [4.69, 9.17) is 4.74 Å². The maximum Gasteiger partial charge on any atom is 0.123 e. The quantitative estimate of drug-likeness (QED) is 0.709. The zero-order chi connectivity index (χ0) is 12.8. The Labute approximate surface area is 108 Å². The Morgan fingerprint density at radius 3 is 2.94 bits per heavy atom. The highest BCUT2D eigenvalue weighted by molar-refractivity contribution is 5.54. The van der Waals surface area contributed by atoms with Crippen molar-refractivity contribution in [1.82, 2.24) is 0 Å². The van der Waals surface area contributed by atoms with E-state index in [-0.39, 0.29) is 11.5 Å². The predicted molar refractivity (Wildman–Crippen MR) is 70.6 cm³/mol. The molecule has 0 bridgehead atoms. The van der Waals surface area contributed by atoms with Crippen molar-refractivity contribution >= 4 is 6.29 Å². The zero-order valence-corrected chi connectivity index (χ0v) is 11.1. The van der Waals surface area contributed by atoms with Gasteiger partial charge in [0.05, 0.1) is 0 Å². The van der Waals surface area contributed by atoms with Crippen LogP contribution < -0.4 is 4.74 Å². The molecule has 0 radical (unpaired) electrons. The molecule has 1 aromatic carbocycles. The number of aldehydes is 1. The number of hydrogen-bond acceptors (Lipinski definition) is 2. The summed E-state index contributed by atoms with van der Waals surface area (Å²) >= 11 is 0. The fourth-order valence-corrected chi connectivity index (χ4v) is 3.74. The average Bonchev–Trinajstić information content (AvgIpc) is 2.37. The maximum atomic E-state index is 11.2. The highest BCUT2D eigenvalue weighted by atomic mass is 16.5. The standard InChI is InChI=1S/C16H20O2/c1-11-13(10-17)7-8-16(2)14(11)9-12-5-3-4-6-15(12)18-16/h3-6,10-11,13-14H,7-9H2,1-2H3/t11-,13+,14-,16+/m1/s1. The summed E-state index contributed by atoms with van der Waals surface area (Å²) in [6.45, 7) is 4.42. The number of benzene rings is 1. The van der Waals surface area contributed by atoms with Crippen LogP contribution in [0.3, 0.4) is 0 Å². The second-order valence-corrected chi connectivity index (χ2v) is 6.03. The van der Waals surface area contributed by atoms with E-state index in [1.807, 2.05) is 6.07 Å². The second kappa shape index (κ2) is 4.11. The van der Waals surface area contributed by atoms with Crippen LogP contribution in [0.15, 0.2) is 24.3 Å². The summed E-state index contributed by atoms with van der Waals surface area (Å²) in [5.41, 5.74) is 1.20. The van der Waals surface area contributed by atoms with Gasteiger partial charge in [0.25, 0.3) is 0 Å². The van der Waals surface area contributed by atoms with E-state index in [1.54, 1.807) is 0 Å². The van der Waals surface area contributed by atoms with Crippen molar-refractivity contribution in [2.75, 3.05) is 0 Å². The molecule has 0 unspecified atom stereocenters. The minimum Gasteiger partial charge on any atom is -0.487 e. The molecule has 2 nitrogen and oxygen atoms in total. The lowest BCUT2D eigenvalue weighted by atomic mass is 9.63. The lowest BCUT2D eigenvalue weighted by molar-refractivity contribution is -0.120. The van der Waals surface area contributed by atoms with E-state index in [2.05, 4.69) is 32.0 Å². The smallest absolute Gasteiger partial charge is 0.123 e. The van der Waals surface area contributed by atoms with Crippen LogP contribution in [0.2, 0.25) is 0 Å². The highest BCUT2D eigenvalue weighted by Crippen LogP contribution is 2.48. The Kier molecular flexibility index (Phi) is 2.69. The van der Waals surface area contributed by atoms with Crippen LogP contribution in [-0.2, 0) is 11.2 Å². The summed E-state index contributed by atoms with van der Waals surface area (Å²) < 4.78 is 6.27. The first-order valence-electron chi connectivity index (χ1n) is 6.86. The van der Waals surface area contributed by atoms with E-state index in [0.717, 1.165) is 31.3 Å². The molecule has 4 atom stereocenters. The number of rotatable bonds is 1. The third-order valence-electron chi connectivity index (χ3n) is 5.00. The van der Waals surface area contributed by atoms with Crippen LogP contribution >= 0.6 is 0 Å². The number of fused-ring (bicyclic) bond motifs is 2. The molecule has 0 spiro atoms. The average molecular weight is 244 g/mol. The van der Waals surface area contributed by atoms with Gasteiger partial charge < -0.3 is 9.53 Å². The van der Waals surface area contributed by atoms with Crippen LogP contribution in [0.5, 0.6) is 5.75 Å². The van der Waals surface area contributed by atoms with Gasteiger partial charge in [0.1, 0.15) is 17.6 Å². The van der Waals surface area contributed by atoms with Crippen LogP contribution in [0.1, 0.15) is 32.3 Å². The molecule has 1 heterocycles. The van der Waals surface area contributed by atoms with Crippen molar-refractivity contribution < 1.29 is 9.53 Å². The first-order chi connectivity index (χ1) is 8.64. The molecule has 0 aromatic heterocycles. The molecule has 96 valence electrons. The summed E-state index contributed by atoms with van der Waals surface area (Å²) in [4.78, 5) is 11.2. The van der Waals surface area contributed by atoms with E-state index in [0.29, 0.717) is 11.8 Å². The van der Waals surface area contributed by atoms with Gasteiger partial charge in [-0.2, -0.15) is 0 Å². The molecule has 0 amide bonds. The number of carbonyl (C=O) groups excluding carboxylic acids is 1. The molecule has 2 aliphatic rings. The summed E-state index contributed by atoms with van der Waals surface area (Å²) in [5, 5.41) is 0. The van der Waals surface area contributed by atoms with E-state index in [1.165, 1.54) is 5.56 Å². The largest absolute Gasteiger partial charge is 0.487 e. The topological polar surface area (TPSA) is 26.3 Å². The first kappa shape index (κ1) is 11.8. The monoisotopic (exact) mass is 244 g/mol. The molecule has 1 saturated carbocycles. The molecule has 0 saturated heterocycles. The van der Waals surface area contributed by atoms with Gasteiger partial charge in [0.15, 0.2) is 0 Å². The Bertz CT molecular complexity index is 468. The Hall–Kier alpha value is -1.31. The lowest BCUT2D eigenvalue weighted by Gasteiger charge is -2.50. The molecule has 3 rings (SSSR count). The maximum absolute atomic E-state index is 11.2.